The van der Waals surface area contributed by atoms with E-state index in [1.165, 1.54) is 77.0 Å². The zero-order valence-corrected chi connectivity index (χ0v) is 15.4. The standard InChI is InChI=1S/2C9H15.Zr/c2*1-2-3-6-9-7-4-5-8-9;/h2*2-7H2,1H3;/q2*-1;+2. The molecule has 2 aliphatic rings. The van der Waals surface area contributed by atoms with Crippen LogP contribution in [0.15, 0.2) is 11.1 Å². The van der Waals surface area contributed by atoms with Gasteiger partial charge < -0.3 is 12.2 Å². The van der Waals surface area contributed by atoms with Crippen LogP contribution in [0.1, 0.15) is 90.9 Å². The quantitative estimate of drug-likeness (QED) is 0.508. The Balaban J connectivity index is 0.000000324. The first-order valence-corrected chi connectivity index (χ1v) is 8.04. The second-order valence-corrected chi connectivity index (χ2v) is 5.47. The molecule has 0 fully saturated rings. The number of unbranched alkanes of at least 4 members (excludes halogenated alkanes) is 2. The van der Waals surface area contributed by atoms with Gasteiger partial charge in [0.1, 0.15) is 0 Å². The Hall–Kier alpha value is 0.363. The number of hydrogen-bond donors (Lipinski definition) is 0. The maximum atomic E-state index is 3.41. The Morgan fingerprint density at radius 3 is 1.47 bits per heavy atom. The van der Waals surface area contributed by atoms with Crippen LogP contribution in [0, 0.1) is 12.2 Å². The molecule has 0 nitrogen and oxygen atoms in total. The average Bonchev–Trinajstić information content (AvgIpc) is 3.07. The van der Waals surface area contributed by atoms with Gasteiger partial charge in [0.15, 0.2) is 0 Å². The minimum atomic E-state index is 0. The Morgan fingerprint density at radius 2 is 1.21 bits per heavy atom. The molecule has 0 amide bonds. The van der Waals surface area contributed by atoms with Crippen LogP contribution >= 0.6 is 0 Å². The summed E-state index contributed by atoms with van der Waals surface area (Å²) >= 11 is 0. The molecule has 2 aliphatic carbocycles. The van der Waals surface area contributed by atoms with E-state index in [1.54, 1.807) is 11.1 Å². The fourth-order valence-electron chi connectivity index (χ4n) is 2.52. The molecular weight excluding hydrogens is 307 g/mol. The van der Waals surface area contributed by atoms with Crippen LogP contribution in [0.3, 0.4) is 0 Å². The van der Waals surface area contributed by atoms with Gasteiger partial charge in [0.05, 0.1) is 0 Å². The minimum Gasteiger partial charge on any atom is -0.497 e. The van der Waals surface area contributed by atoms with Gasteiger partial charge in [-0.3, -0.25) is 11.1 Å². The van der Waals surface area contributed by atoms with Gasteiger partial charge in [-0.25, -0.2) is 0 Å². The monoisotopic (exact) mass is 336 g/mol. The summed E-state index contributed by atoms with van der Waals surface area (Å²) in [6.07, 6.45) is 22.7. The van der Waals surface area contributed by atoms with E-state index in [0.717, 1.165) is 0 Å². The first kappa shape index (κ1) is 19.4. The van der Waals surface area contributed by atoms with Gasteiger partial charge in [-0.1, -0.05) is 78.1 Å². The summed E-state index contributed by atoms with van der Waals surface area (Å²) in [5, 5.41) is 0. The zero-order chi connectivity index (χ0) is 13.1. The van der Waals surface area contributed by atoms with Crippen molar-refractivity contribution in [2.24, 2.45) is 0 Å². The fraction of sp³-hybridized carbons (Fsp3) is 0.778. The van der Waals surface area contributed by atoms with Crippen molar-refractivity contribution in [3.8, 4) is 0 Å². The summed E-state index contributed by atoms with van der Waals surface area (Å²) in [5.41, 5.74) is 3.19. The van der Waals surface area contributed by atoms with Gasteiger partial charge in [0.2, 0.25) is 0 Å². The Morgan fingerprint density at radius 1 is 0.789 bits per heavy atom. The minimum absolute atomic E-state index is 0. The van der Waals surface area contributed by atoms with Crippen LogP contribution in [-0.4, -0.2) is 0 Å². The van der Waals surface area contributed by atoms with Crippen molar-refractivity contribution >= 4 is 0 Å². The Labute approximate surface area is 140 Å². The summed E-state index contributed by atoms with van der Waals surface area (Å²) in [6, 6.07) is 0. The Bertz CT molecular complexity index is 235. The van der Waals surface area contributed by atoms with Crippen molar-refractivity contribution < 1.29 is 26.2 Å². The molecular formula is C18H30Zr. The number of hydrogen-bond acceptors (Lipinski definition) is 0. The van der Waals surface area contributed by atoms with Crippen LogP contribution in [-0.2, 0) is 26.2 Å². The molecule has 0 heterocycles. The van der Waals surface area contributed by atoms with E-state index in [1.807, 2.05) is 0 Å². The van der Waals surface area contributed by atoms with Crippen LogP contribution < -0.4 is 0 Å². The maximum absolute atomic E-state index is 3.41. The molecule has 1 heteroatoms. The molecule has 0 unspecified atom stereocenters. The first-order valence-electron chi connectivity index (χ1n) is 8.04. The second-order valence-electron chi connectivity index (χ2n) is 5.47. The van der Waals surface area contributed by atoms with Crippen LogP contribution in [0.5, 0.6) is 0 Å². The summed E-state index contributed by atoms with van der Waals surface area (Å²) < 4.78 is 0. The summed E-state index contributed by atoms with van der Waals surface area (Å²) in [7, 11) is 0. The maximum Gasteiger partial charge on any atom is 2.00 e. The summed E-state index contributed by atoms with van der Waals surface area (Å²) in [5.74, 6) is 0. The predicted octanol–water partition coefficient (Wildman–Crippen LogP) is 6.18. The SMILES string of the molecule is CCCCC1=[C-]CCC1.CCCCC1=[C-]CCC1.[Zr+2]. The van der Waals surface area contributed by atoms with Crippen LogP contribution in [0.2, 0.25) is 0 Å². The normalized spacial score (nSPS) is 17.2. The largest absolute Gasteiger partial charge is 2.00 e. The van der Waals surface area contributed by atoms with Gasteiger partial charge in [-0.05, 0) is 0 Å². The molecule has 0 atom stereocenters. The first-order chi connectivity index (χ1) is 8.86. The molecule has 0 saturated heterocycles. The average molecular weight is 338 g/mol. The van der Waals surface area contributed by atoms with E-state index in [-0.39, 0.29) is 26.2 Å². The van der Waals surface area contributed by atoms with Crippen molar-refractivity contribution in [2.75, 3.05) is 0 Å². The third-order valence-corrected chi connectivity index (χ3v) is 3.72. The van der Waals surface area contributed by atoms with Gasteiger partial charge >= 0.3 is 26.2 Å². The molecule has 0 aliphatic heterocycles. The van der Waals surface area contributed by atoms with Crippen LogP contribution in [0.25, 0.3) is 0 Å². The van der Waals surface area contributed by atoms with Crippen molar-refractivity contribution in [1.82, 2.24) is 0 Å². The van der Waals surface area contributed by atoms with E-state index in [2.05, 4.69) is 26.0 Å². The molecule has 0 N–H and O–H groups in total. The predicted molar refractivity (Wildman–Crippen MR) is 80.3 cm³/mol. The van der Waals surface area contributed by atoms with E-state index in [9.17, 15) is 0 Å². The molecule has 0 aromatic carbocycles. The third-order valence-electron chi connectivity index (χ3n) is 3.72. The van der Waals surface area contributed by atoms with Gasteiger partial charge in [-0.15, -0.1) is 0 Å². The van der Waals surface area contributed by atoms with E-state index in [4.69, 9.17) is 0 Å². The number of rotatable bonds is 6. The zero-order valence-electron chi connectivity index (χ0n) is 13.0. The van der Waals surface area contributed by atoms with E-state index < -0.39 is 0 Å². The van der Waals surface area contributed by atoms with Crippen molar-refractivity contribution in [3.05, 3.63) is 23.3 Å². The molecule has 0 radical (unpaired) electrons. The van der Waals surface area contributed by atoms with E-state index >= 15 is 0 Å². The van der Waals surface area contributed by atoms with Gasteiger partial charge in [0, 0.05) is 0 Å². The molecule has 0 bridgehead atoms. The van der Waals surface area contributed by atoms with Gasteiger partial charge in [-0.2, -0.15) is 12.8 Å². The third kappa shape index (κ3) is 9.83. The van der Waals surface area contributed by atoms with Crippen molar-refractivity contribution in [2.45, 2.75) is 90.9 Å². The molecule has 106 valence electrons. The number of allylic oxidation sites excluding steroid dienone is 4. The summed E-state index contributed by atoms with van der Waals surface area (Å²) in [6.45, 7) is 4.49. The topological polar surface area (TPSA) is 0 Å². The van der Waals surface area contributed by atoms with Crippen LogP contribution in [0.4, 0.5) is 0 Å². The molecule has 0 saturated carbocycles. The Kier molecular flexibility index (Phi) is 13.6. The molecule has 0 aromatic rings. The molecule has 0 aromatic heterocycles. The smallest absolute Gasteiger partial charge is 0.497 e. The van der Waals surface area contributed by atoms with Crippen molar-refractivity contribution in [3.63, 3.8) is 0 Å². The second kappa shape index (κ2) is 13.4. The summed E-state index contributed by atoms with van der Waals surface area (Å²) in [4.78, 5) is 0. The molecule has 2 rings (SSSR count). The molecule has 19 heavy (non-hydrogen) atoms. The van der Waals surface area contributed by atoms with Crippen molar-refractivity contribution in [1.29, 1.82) is 0 Å². The van der Waals surface area contributed by atoms with E-state index in [0.29, 0.717) is 0 Å². The van der Waals surface area contributed by atoms with Gasteiger partial charge in [0.25, 0.3) is 0 Å². The molecule has 0 spiro atoms. The fourth-order valence-corrected chi connectivity index (χ4v) is 2.52.